The van der Waals surface area contributed by atoms with Crippen molar-refractivity contribution in [3.05, 3.63) is 0 Å². The minimum absolute atomic E-state index is 0.0692. The van der Waals surface area contributed by atoms with Crippen molar-refractivity contribution in [3.8, 4) is 0 Å². The highest BCUT2D eigenvalue weighted by Crippen LogP contribution is 2.25. The Morgan fingerprint density at radius 2 is 1.82 bits per heavy atom. The van der Waals surface area contributed by atoms with Crippen molar-refractivity contribution in [3.63, 3.8) is 0 Å². The molecule has 2 atom stereocenters. The number of hydrogen-bond acceptors (Lipinski definition) is 3. The fraction of sp³-hybridized carbons (Fsp3) is 0.929. The average Bonchev–Trinajstić information content (AvgIpc) is 2.49. The van der Waals surface area contributed by atoms with E-state index in [1.165, 1.54) is 11.8 Å². The SMILES string of the molecule is CCNC(=NCC(C)CO)N1CCN(C(C)C(F)(F)F)CC1. The van der Waals surface area contributed by atoms with E-state index in [4.69, 9.17) is 5.11 Å². The molecule has 1 aliphatic heterocycles. The lowest BCUT2D eigenvalue weighted by Crippen LogP contribution is -2.56. The molecule has 22 heavy (non-hydrogen) atoms. The summed E-state index contributed by atoms with van der Waals surface area (Å²) in [6.45, 7) is 8.07. The van der Waals surface area contributed by atoms with Crippen LogP contribution in [0.4, 0.5) is 13.2 Å². The van der Waals surface area contributed by atoms with Crippen molar-refractivity contribution < 1.29 is 18.3 Å². The minimum Gasteiger partial charge on any atom is -0.396 e. The van der Waals surface area contributed by atoms with Crippen LogP contribution in [0.15, 0.2) is 4.99 Å². The number of nitrogens with zero attached hydrogens (tertiary/aromatic N) is 3. The van der Waals surface area contributed by atoms with Gasteiger partial charge in [0.1, 0.15) is 6.04 Å². The molecule has 0 spiro atoms. The summed E-state index contributed by atoms with van der Waals surface area (Å²) in [6, 6.07) is -1.41. The van der Waals surface area contributed by atoms with Gasteiger partial charge in [0, 0.05) is 45.9 Å². The zero-order valence-corrected chi connectivity index (χ0v) is 13.5. The summed E-state index contributed by atoms with van der Waals surface area (Å²) in [5.41, 5.74) is 0. The Kier molecular flexibility index (Phi) is 7.41. The van der Waals surface area contributed by atoms with Gasteiger partial charge >= 0.3 is 6.18 Å². The number of hydrogen-bond donors (Lipinski definition) is 2. The summed E-state index contributed by atoms with van der Waals surface area (Å²) in [7, 11) is 0. The van der Waals surface area contributed by atoms with Crippen LogP contribution in [-0.4, -0.2) is 79.0 Å². The summed E-state index contributed by atoms with van der Waals surface area (Å²) in [5, 5.41) is 12.2. The summed E-state index contributed by atoms with van der Waals surface area (Å²) < 4.78 is 38.2. The molecule has 1 heterocycles. The van der Waals surface area contributed by atoms with Crippen LogP contribution in [0.3, 0.4) is 0 Å². The molecule has 130 valence electrons. The molecule has 0 saturated carbocycles. The maximum atomic E-state index is 12.7. The van der Waals surface area contributed by atoms with Gasteiger partial charge < -0.3 is 15.3 Å². The lowest BCUT2D eigenvalue weighted by Gasteiger charge is -2.39. The van der Waals surface area contributed by atoms with Crippen LogP contribution in [0.2, 0.25) is 0 Å². The third kappa shape index (κ3) is 5.64. The standard InChI is InChI=1S/C14H27F3N4O/c1-4-18-13(19-9-11(2)10-22)21-7-5-20(6-8-21)12(3)14(15,16)17/h11-12,22H,4-10H2,1-3H3,(H,18,19). The smallest absolute Gasteiger partial charge is 0.396 e. The first kappa shape index (κ1) is 19.0. The Morgan fingerprint density at radius 3 is 2.27 bits per heavy atom. The molecule has 0 amide bonds. The van der Waals surface area contributed by atoms with Crippen LogP contribution in [0, 0.1) is 5.92 Å². The number of halogens is 3. The minimum atomic E-state index is -4.18. The van der Waals surface area contributed by atoms with Crippen LogP contribution in [0.5, 0.6) is 0 Å². The molecule has 0 radical (unpaired) electrons. The molecule has 5 nitrogen and oxygen atoms in total. The van der Waals surface area contributed by atoms with E-state index in [9.17, 15) is 13.2 Å². The van der Waals surface area contributed by atoms with Crippen LogP contribution in [0.25, 0.3) is 0 Å². The van der Waals surface area contributed by atoms with E-state index in [2.05, 4.69) is 10.3 Å². The predicted octanol–water partition coefficient (Wildman–Crippen LogP) is 1.15. The quantitative estimate of drug-likeness (QED) is 0.588. The van der Waals surface area contributed by atoms with Gasteiger partial charge in [-0.1, -0.05) is 6.92 Å². The van der Waals surface area contributed by atoms with Gasteiger partial charge in [-0.15, -0.1) is 0 Å². The molecule has 0 aromatic heterocycles. The van der Waals surface area contributed by atoms with Gasteiger partial charge in [-0.05, 0) is 19.8 Å². The van der Waals surface area contributed by atoms with Crippen molar-refractivity contribution in [2.24, 2.45) is 10.9 Å². The molecule has 8 heteroatoms. The number of aliphatic imine (C=N–C) groups is 1. The van der Waals surface area contributed by atoms with Crippen molar-refractivity contribution in [1.29, 1.82) is 0 Å². The molecule has 1 saturated heterocycles. The summed E-state index contributed by atoms with van der Waals surface area (Å²) in [5.74, 6) is 0.780. The van der Waals surface area contributed by atoms with Gasteiger partial charge in [0.25, 0.3) is 0 Å². The molecule has 1 fully saturated rings. The maximum Gasteiger partial charge on any atom is 0.403 e. The van der Waals surface area contributed by atoms with E-state index in [-0.39, 0.29) is 12.5 Å². The fourth-order valence-corrected chi connectivity index (χ4v) is 2.25. The van der Waals surface area contributed by atoms with E-state index in [1.807, 2.05) is 18.7 Å². The first-order chi connectivity index (χ1) is 10.3. The number of aliphatic hydroxyl groups excluding tert-OH is 1. The molecule has 1 rings (SSSR count). The van der Waals surface area contributed by atoms with Gasteiger partial charge in [0.15, 0.2) is 5.96 Å². The lowest BCUT2D eigenvalue weighted by molar-refractivity contribution is -0.181. The number of alkyl halides is 3. The third-order valence-electron chi connectivity index (χ3n) is 3.83. The van der Waals surface area contributed by atoms with Gasteiger partial charge in [-0.3, -0.25) is 9.89 Å². The molecule has 2 unspecified atom stereocenters. The van der Waals surface area contributed by atoms with Crippen LogP contribution in [-0.2, 0) is 0 Å². The maximum absolute atomic E-state index is 12.7. The molecule has 0 aromatic carbocycles. The number of piperazine rings is 1. The highest BCUT2D eigenvalue weighted by atomic mass is 19.4. The Labute approximate surface area is 130 Å². The van der Waals surface area contributed by atoms with Gasteiger partial charge in [-0.25, -0.2) is 0 Å². The van der Waals surface area contributed by atoms with Crippen LogP contribution in [0.1, 0.15) is 20.8 Å². The summed E-state index contributed by atoms with van der Waals surface area (Å²) >= 11 is 0. The molecular formula is C14H27F3N4O. The van der Waals surface area contributed by atoms with E-state index in [0.717, 1.165) is 0 Å². The van der Waals surface area contributed by atoms with Crippen molar-refractivity contribution in [2.45, 2.75) is 33.0 Å². The van der Waals surface area contributed by atoms with Crippen molar-refractivity contribution >= 4 is 5.96 Å². The second kappa shape index (κ2) is 8.57. The molecule has 0 bridgehead atoms. The van der Waals surface area contributed by atoms with E-state index >= 15 is 0 Å². The van der Waals surface area contributed by atoms with Gasteiger partial charge in [0.05, 0.1) is 0 Å². The fourth-order valence-electron chi connectivity index (χ4n) is 2.25. The predicted molar refractivity (Wildman–Crippen MR) is 80.9 cm³/mol. The largest absolute Gasteiger partial charge is 0.403 e. The van der Waals surface area contributed by atoms with E-state index < -0.39 is 12.2 Å². The zero-order chi connectivity index (χ0) is 16.8. The third-order valence-corrected chi connectivity index (χ3v) is 3.83. The number of nitrogens with one attached hydrogen (secondary N) is 1. The van der Waals surface area contributed by atoms with Crippen molar-refractivity contribution in [2.75, 3.05) is 45.9 Å². The summed E-state index contributed by atoms with van der Waals surface area (Å²) in [4.78, 5) is 7.89. The molecule has 1 aliphatic rings. The van der Waals surface area contributed by atoms with Crippen LogP contribution >= 0.6 is 0 Å². The molecule has 2 N–H and O–H groups in total. The molecule has 0 aromatic rings. The highest BCUT2D eigenvalue weighted by molar-refractivity contribution is 5.80. The Bertz CT molecular complexity index is 354. The second-order valence-electron chi connectivity index (χ2n) is 5.72. The number of guanidine groups is 1. The monoisotopic (exact) mass is 324 g/mol. The van der Waals surface area contributed by atoms with E-state index in [1.54, 1.807) is 0 Å². The lowest BCUT2D eigenvalue weighted by atomic mass is 10.2. The van der Waals surface area contributed by atoms with Crippen molar-refractivity contribution in [1.82, 2.24) is 15.1 Å². The number of rotatable bonds is 5. The normalized spacial score (nSPS) is 20.9. The Hall–Kier alpha value is -1.02. The van der Waals surface area contributed by atoms with E-state index in [0.29, 0.717) is 45.2 Å². The molecule has 0 aliphatic carbocycles. The van der Waals surface area contributed by atoms with Crippen LogP contribution < -0.4 is 5.32 Å². The number of aliphatic hydroxyl groups is 1. The Morgan fingerprint density at radius 1 is 1.23 bits per heavy atom. The van der Waals surface area contributed by atoms with Gasteiger partial charge in [-0.2, -0.15) is 13.2 Å². The first-order valence-corrected chi connectivity index (χ1v) is 7.74. The first-order valence-electron chi connectivity index (χ1n) is 7.74. The average molecular weight is 324 g/mol. The summed E-state index contributed by atoms with van der Waals surface area (Å²) in [6.07, 6.45) is -4.18. The highest BCUT2D eigenvalue weighted by Gasteiger charge is 2.41. The Balaban J connectivity index is 2.59. The van der Waals surface area contributed by atoms with Gasteiger partial charge in [0.2, 0.25) is 0 Å². The topological polar surface area (TPSA) is 51.1 Å². The second-order valence-corrected chi connectivity index (χ2v) is 5.72. The molecular weight excluding hydrogens is 297 g/mol. The zero-order valence-electron chi connectivity index (χ0n) is 13.5.